The van der Waals surface area contributed by atoms with Gasteiger partial charge in [-0.15, -0.1) is 0 Å². The second kappa shape index (κ2) is 11.9. The smallest absolute Gasteiger partial charge is 0.462 e. The summed E-state index contributed by atoms with van der Waals surface area (Å²) in [4.78, 5) is 34.2. The molecule has 0 rings (SSSR count). The summed E-state index contributed by atoms with van der Waals surface area (Å²) >= 11 is 0. The first-order valence-electron chi connectivity index (χ1n) is 9.59. The van der Waals surface area contributed by atoms with E-state index < -0.39 is 95.3 Å². The molecule has 0 aliphatic carbocycles. The standard InChI is InChI=1S/C17H15F13O9S/c1-7(2)10(32)38-4-3-37-9(31)5-8(39-11(33)13(20,21)40(34,35)36)6-12(18,19)15(23,24)14(22,16(25,26)27)17(28,29)30/h8H,1,3-6H2,2H3,(H,34,35,36). The summed E-state index contributed by atoms with van der Waals surface area (Å²) in [5.41, 5.74) is -8.21. The Morgan fingerprint density at radius 2 is 1.25 bits per heavy atom. The Hall–Kier alpha value is -2.85. The average molecular weight is 642 g/mol. The molecule has 0 amide bonds. The summed E-state index contributed by atoms with van der Waals surface area (Å²) < 4.78 is 214. The number of alkyl halides is 13. The van der Waals surface area contributed by atoms with E-state index in [2.05, 4.69) is 20.8 Å². The molecule has 0 aliphatic rings. The number of hydrogen-bond donors (Lipinski definition) is 1. The van der Waals surface area contributed by atoms with Gasteiger partial charge in [0.1, 0.15) is 19.3 Å². The van der Waals surface area contributed by atoms with Gasteiger partial charge in [0, 0.05) is 5.57 Å². The molecule has 40 heavy (non-hydrogen) atoms. The van der Waals surface area contributed by atoms with Gasteiger partial charge in [0.15, 0.2) is 0 Å². The van der Waals surface area contributed by atoms with Crippen molar-refractivity contribution in [3.05, 3.63) is 12.2 Å². The van der Waals surface area contributed by atoms with Crippen molar-refractivity contribution >= 4 is 28.0 Å². The first kappa shape index (κ1) is 37.1. The van der Waals surface area contributed by atoms with Gasteiger partial charge < -0.3 is 14.2 Å². The second-order valence-corrected chi connectivity index (χ2v) is 8.96. The summed E-state index contributed by atoms with van der Waals surface area (Å²) in [5, 5.41) is -6.11. The summed E-state index contributed by atoms with van der Waals surface area (Å²) in [6.07, 6.45) is -24.9. The Morgan fingerprint density at radius 1 is 0.825 bits per heavy atom. The van der Waals surface area contributed by atoms with Crippen molar-refractivity contribution in [1.82, 2.24) is 0 Å². The minimum Gasteiger partial charge on any atom is -0.462 e. The molecule has 0 heterocycles. The van der Waals surface area contributed by atoms with Crippen LogP contribution in [0.15, 0.2) is 12.2 Å². The molecule has 1 atom stereocenters. The fourth-order valence-corrected chi connectivity index (χ4v) is 2.58. The lowest BCUT2D eigenvalue weighted by Gasteiger charge is -2.40. The van der Waals surface area contributed by atoms with Crippen LogP contribution in [0.5, 0.6) is 0 Å². The molecule has 234 valence electrons. The van der Waals surface area contributed by atoms with E-state index in [-0.39, 0.29) is 5.57 Å². The van der Waals surface area contributed by atoms with Gasteiger partial charge in [-0.2, -0.15) is 61.1 Å². The highest BCUT2D eigenvalue weighted by Gasteiger charge is 2.90. The first-order chi connectivity index (χ1) is 17.5. The Morgan fingerprint density at radius 3 is 1.62 bits per heavy atom. The predicted octanol–water partition coefficient (Wildman–Crippen LogP) is 3.93. The van der Waals surface area contributed by atoms with E-state index in [0.29, 0.717) is 0 Å². The molecular weight excluding hydrogens is 627 g/mol. The molecule has 0 spiro atoms. The van der Waals surface area contributed by atoms with Crippen LogP contribution in [0, 0.1) is 0 Å². The van der Waals surface area contributed by atoms with Gasteiger partial charge in [0.2, 0.25) is 0 Å². The third-order valence-electron chi connectivity index (χ3n) is 4.31. The van der Waals surface area contributed by atoms with E-state index >= 15 is 0 Å². The van der Waals surface area contributed by atoms with Crippen LogP contribution in [0.1, 0.15) is 19.8 Å². The molecule has 0 aliphatic heterocycles. The first-order valence-corrected chi connectivity index (χ1v) is 11.0. The summed E-state index contributed by atoms with van der Waals surface area (Å²) in [7, 11) is -6.82. The van der Waals surface area contributed by atoms with Crippen molar-refractivity contribution in [2.75, 3.05) is 13.2 Å². The van der Waals surface area contributed by atoms with Gasteiger partial charge in [-0.1, -0.05) is 6.58 Å². The van der Waals surface area contributed by atoms with Gasteiger partial charge in [-0.05, 0) is 6.92 Å². The van der Waals surface area contributed by atoms with Gasteiger partial charge in [0.25, 0.3) is 0 Å². The topological polar surface area (TPSA) is 133 Å². The maximum Gasteiger partial charge on any atom is 0.465 e. The lowest BCUT2D eigenvalue weighted by Crippen LogP contribution is -2.70. The predicted molar refractivity (Wildman–Crippen MR) is 98.2 cm³/mol. The Labute approximate surface area is 213 Å². The number of halogens is 13. The zero-order chi connectivity index (χ0) is 32.3. The van der Waals surface area contributed by atoms with Crippen molar-refractivity contribution in [3.63, 3.8) is 0 Å². The summed E-state index contributed by atoms with van der Waals surface area (Å²) in [5.74, 6) is -21.6. The van der Waals surface area contributed by atoms with E-state index in [1.807, 2.05) is 0 Å². The van der Waals surface area contributed by atoms with Crippen LogP contribution in [-0.4, -0.2) is 85.3 Å². The molecule has 23 heteroatoms. The molecule has 0 fully saturated rings. The third kappa shape index (κ3) is 7.87. The molecule has 0 saturated heterocycles. The molecular formula is C17H15F13O9S. The van der Waals surface area contributed by atoms with Crippen molar-refractivity contribution in [2.24, 2.45) is 0 Å². The normalized spacial score (nSPS) is 14.8. The van der Waals surface area contributed by atoms with E-state index in [1.54, 1.807) is 0 Å². The van der Waals surface area contributed by atoms with Gasteiger partial charge in [-0.3, -0.25) is 9.35 Å². The Kier molecular flexibility index (Phi) is 11.1. The van der Waals surface area contributed by atoms with Crippen molar-refractivity contribution < 1.29 is 98.6 Å². The highest BCUT2D eigenvalue weighted by Crippen LogP contribution is 2.60. The molecule has 9 nitrogen and oxygen atoms in total. The lowest BCUT2D eigenvalue weighted by molar-refractivity contribution is -0.428. The average Bonchev–Trinajstić information content (AvgIpc) is 2.72. The summed E-state index contributed by atoms with van der Waals surface area (Å²) in [6, 6.07) is 0. The SMILES string of the molecule is C=C(C)C(=O)OCCOC(=O)CC(CC(F)(F)C(F)(F)C(F)(C(F)(F)F)C(F)(F)F)OC(=O)C(F)(F)S(=O)(=O)O. The highest BCUT2D eigenvalue weighted by molar-refractivity contribution is 7.87. The lowest BCUT2D eigenvalue weighted by atomic mass is 9.87. The largest absolute Gasteiger partial charge is 0.465 e. The molecule has 0 bridgehead atoms. The fourth-order valence-electron chi connectivity index (χ4n) is 2.32. The van der Waals surface area contributed by atoms with Crippen LogP contribution in [0.2, 0.25) is 0 Å². The van der Waals surface area contributed by atoms with Gasteiger partial charge >= 0.3 is 63.1 Å². The van der Waals surface area contributed by atoms with Crippen LogP contribution in [0.25, 0.3) is 0 Å². The monoisotopic (exact) mass is 642 g/mol. The Balaban J connectivity index is 6.29. The second-order valence-electron chi connectivity index (χ2n) is 7.50. The molecule has 0 aromatic heterocycles. The summed E-state index contributed by atoms with van der Waals surface area (Å²) in [6.45, 7) is 2.34. The fraction of sp³-hybridized carbons (Fsp3) is 0.706. The number of carbonyl (C=O) groups excluding carboxylic acids is 3. The van der Waals surface area contributed by atoms with Crippen molar-refractivity contribution in [3.8, 4) is 0 Å². The number of hydrogen-bond acceptors (Lipinski definition) is 8. The number of ether oxygens (including phenoxy) is 3. The van der Waals surface area contributed by atoms with Crippen LogP contribution in [0.4, 0.5) is 57.1 Å². The van der Waals surface area contributed by atoms with E-state index in [4.69, 9.17) is 4.55 Å². The van der Waals surface area contributed by atoms with Gasteiger partial charge in [0.05, 0.1) is 12.8 Å². The molecule has 0 radical (unpaired) electrons. The minimum atomic E-state index is -8.00. The van der Waals surface area contributed by atoms with Crippen LogP contribution >= 0.6 is 0 Å². The molecule has 0 aromatic rings. The Bertz CT molecular complexity index is 1070. The maximum atomic E-state index is 14.2. The van der Waals surface area contributed by atoms with Crippen molar-refractivity contribution in [2.45, 2.75) is 61.0 Å². The number of esters is 3. The quantitative estimate of drug-likeness (QED) is 0.0793. The van der Waals surface area contributed by atoms with E-state index in [0.717, 1.165) is 6.92 Å². The van der Waals surface area contributed by atoms with Crippen LogP contribution < -0.4 is 0 Å². The number of carbonyl (C=O) groups is 3. The van der Waals surface area contributed by atoms with Crippen LogP contribution in [-0.2, 0) is 38.7 Å². The van der Waals surface area contributed by atoms with Gasteiger partial charge in [-0.25, -0.2) is 14.0 Å². The maximum absolute atomic E-state index is 14.2. The molecule has 1 N–H and O–H groups in total. The number of rotatable bonds is 13. The van der Waals surface area contributed by atoms with Crippen LogP contribution in [0.3, 0.4) is 0 Å². The molecule has 0 aromatic carbocycles. The van der Waals surface area contributed by atoms with E-state index in [9.17, 15) is 79.9 Å². The minimum absolute atomic E-state index is 0.206. The van der Waals surface area contributed by atoms with Crippen molar-refractivity contribution in [1.29, 1.82) is 0 Å². The molecule has 1 unspecified atom stereocenters. The zero-order valence-corrected chi connectivity index (χ0v) is 20.0. The zero-order valence-electron chi connectivity index (χ0n) is 19.1. The molecule has 0 saturated carbocycles. The highest BCUT2D eigenvalue weighted by atomic mass is 32.2. The third-order valence-corrected chi connectivity index (χ3v) is 5.13. The van der Waals surface area contributed by atoms with E-state index in [1.165, 1.54) is 0 Å².